The SMILES string of the molecule is Cc1cc(C)cc(OCc2nnc(SCc3ccc(Cl)cc3)n2C)c1. The van der Waals surface area contributed by atoms with E-state index in [4.69, 9.17) is 16.3 Å². The summed E-state index contributed by atoms with van der Waals surface area (Å²) in [4.78, 5) is 0. The molecule has 2 aromatic carbocycles. The highest BCUT2D eigenvalue weighted by Crippen LogP contribution is 2.23. The van der Waals surface area contributed by atoms with Gasteiger partial charge in [0.25, 0.3) is 0 Å². The maximum Gasteiger partial charge on any atom is 0.191 e. The van der Waals surface area contributed by atoms with E-state index in [0.717, 1.165) is 27.5 Å². The number of hydrogen-bond acceptors (Lipinski definition) is 4. The summed E-state index contributed by atoms with van der Waals surface area (Å²) in [7, 11) is 1.96. The molecule has 0 amide bonds. The number of ether oxygens (including phenoxy) is 1. The van der Waals surface area contributed by atoms with Crippen molar-refractivity contribution >= 4 is 23.4 Å². The van der Waals surface area contributed by atoms with Gasteiger partial charge in [-0.25, -0.2) is 0 Å². The summed E-state index contributed by atoms with van der Waals surface area (Å²) in [6.07, 6.45) is 0. The van der Waals surface area contributed by atoms with E-state index in [9.17, 15) is 0 Å². The molecule has 0 N–H and O–H groups in total. The van der Waals surface area contributed by atoms with E-state index in [1.807, 2.05) is 48.0 Å². The summed E-state index contributed by atoms with van der Waals surface area (Å²) >= 11 is 7.56. The van der Waals surface area contributed by atoms with Gasteiger partial charge in [0.05, 0.1) is 0 Å². The Morgan fingerprint density at radius 1 is 1.04 bits per heavy atom. The molecule has 0 aliphatic carbocycles. The second-order valence-electron chi connectivity index (χ2n) is 5.99. The lowest BCUT2D eigenvalue weighted by molar-refractivity contribution is 0.290. The minimum Gasteiger partial charge on any atom is -0.486 e. The molecule has 130 valence electrons. The van der Waals surface area contributed by atoms with Crippen molar-refractivity contribution < 1.29 is 4.74 Å². The lowest BCUT2D eigenvalue weighted by Crippen LogP contribution is -2.04. The van der Waals surface area contributed by atoms with Gasteiger partial charge in [-0.2, -0.15) is 0 Å². The van der Waals surface area contributed by atoms with Crippen LogP contribution < -0.4 is 4.74 Å². The molecule has 0 unspecified atom stereocenters. The summed E-state index contributed by atoms with van der Waals surface area (Å²) in [5.74, 6) is 2.48. The minimum absolute atomic E-state index is 0.397. The normalized spacial score (nSPS) is 10.9. The van der Waals surface area contributed by atoms with Gasteiger partial charge >= 0.3 is 0 Å². The third-order valence-corrected chi connectivity index (χ3v) is 5.11. The number of thioether (sulfide) groups is 1. The molecule has 25 heavy (non-hydrogen) atoms. The first-order valence-electron chi connectivity index (χ1n) is 7.98. The number of aromatic nitrogens is 3. The second kappa shape index (κ2) is 7.93. The van der Waals surface area contributed by atoms with Crippen LogP contribution in [0.4, 0.5) is 0 Å². The Morgan fingerprint density at radius 3 is 2.40 bits per heavy atom. The Balaban J connectivity index is 1.61. The molecule has 0 radical (unpaired) electrons. The molecule has 3 aromatic rings. The molecule has 0 bridgehead atoms. The van der Waals surface area contributed by atoms with Gasteiger partial charge < -0.3 is 9.30 Å². The standard InChI is InChI=1S/C19H20ClN3OS/c1-13-8-14(2)10-17(9-13)24-11-18-21-22-19(23(18)3)25-12-15-4-6-16(20)7-5-15/h4-10H,11-12H2,1-3H3. The van der Waals surface area contributed by atoms with E-state index < -0.39 is 0 Å². The van der Waals surface area contributed by atoms with E-state index in [1.54, 1.807) is 11.8 Å². The summed E-state index contributed by atoms with van der Waals surface area (Å²) in [5.41, 5.74) is 3.57. The van der Waals surface area contributed by atoms with Crippen LogP contribution in [-0.4, -0.2) is 14.8 Å². The molecule has 3 rings (SSSR count). The molecule has 0 aliphatic rings. The average Bonchev–Trinajstić information content (AvgIpc) is 2.92. The third-order valence-electron chi connectivity index (χ3n) is 3.77. The Kier molecular flexibility index (Phi) is 5.66. The van der Waals surface area contributed by atoms with E-state index in [2.05, 4.69) is 30.1 Å². The number of halogens is 1. The fourth-order valence-corrected chi connectivity index (χ4v) is 3.50. The first kappa shape index (κ1) is 17.8. The van der Waals surface area contributed by atoms with Gasteiger partial charge in [0.2, 0.25) is 0 Å². The van der Waals surface area contributed by atoms with Gasteiger partial charge in [-0.1, -0.05) is 41.6 Å². The molecule has 1 aromatic heterocycles. The van der Waals surface area contributed by atoms with Crippen LogP contribution in [0.15, 0.2) is 47.6 Å². The van der Waals surface area contributed by atoms with Crippen molar-refractivity contribution in [1.29, 1.82) is 0 Å². The molecule has 4 nitrogen and oxygen atoms in total. The lowest BCUT2D eigenvalue weighted by atomic mass is 10.1. The van der Waals surface area contributed by atoms with Crippen LogP contribution in [-0.2, 0) is 19.4 Å². The van der Waals surface area contributed by atoms with Crippen molar-refractivity contribution in [2.75, 3.05) is 0 Å². The topological polar surface area (TPSA) is 39.9 Å². The molecule has 0 saturated carbocycles. The van der Waals surface area contributed by atoms with Crippen LogP contribution in [0.3, 0.4) is 0 Å². The van der Waals surface area contributed by atoms with E-state index in [0.29, 0.717) is 6.61 Å². The highest BCUT2D eigenvalue weighted by Gasteiger charge is 2.10. The first-order valence-corrected chi connectivity index (χ1v) is 9.34. The predicted molar refractivity (Wildman–Crippen MR) is 102 cm³/mol. The fourth-order valence-electron chi connectivity index (χ4n) is 2.49. The molecule has 0 spiro atoms. The molecule has 0 atom stereocenters. The van der Waals surface area contributed by atoms with Crippen molar-refractivity contribution in [3.05, 3.63) is 70.0 Å². The zero-order valence-corrected chi connectivity index (χ0v) is 16.1. The third kappa shape index (κ3) is 4.77. The zero-order chi connectivity index (χ0) is 17.8. The Labute approximate surface area is 157 Å². The zero-order valence-electron chi connectivity index (χ0n) is 14.5. The number of rotatable bonds is 6. The van der Waals surface area contributed by atoms with Gasteiger partial charge in [0, 0.05) is 17.8 Å². The molecule has 0 fully saturated rings. The lowest BCUT2D eigenvalue weighted by Gasteiger charge is -2.08. The number of nitrogens with zero attached hydrogens (tertiary/aromatic N) is 3. The second-order valence-corrected chi connectivity index (χ2v) is 7.36. The van der Waals surface area contributed by atoms with E-state index in [1.165, 1.54) is 16.7 Å². The van der Waals surface area contributed by atoms with Gasteiger partial charge in [0.1, 0.15) is 12.4 Å². The number of hydrogen-bond donors (Lipinski definition) is 0. The summed E-state index contributed by atoms with van der Waals surface area (Å²) in [6.45, 7) is 4.52. The first-order chi connectivity index (χ1) is 12.0. The fraction of sp³-hybridized carbons (Fsp3) is 0.263. The molecular formula is C19H20ClN3OS. The van der Waals surface area contributed by atoms with E-state index in [-0.39, 0.29) is 0 Å². The molecule has 0 aliphatic heterocycles. The van der Waals surface area contributed by atoms with Crippen LogP contribution >= 0.6 is 23.4 Å². The van der Waals surface area contributed by atoms with Crippen molar-refractivity contribution in [1.82, 2.24) is 14.8 Å². The highest BCUT2D eigenvalue weighted by atomic mass is 35.5. The van der Waals surface area contributed by atoms with Crippen LogP contribution in [0.25, 0.3) is 0 Å². The monoisotopic (exact) mass is 373 g/mol. The molecule has 6 heteroatoms. The molecular weight excluding hydrogens is 354 g/mol. The van der Waals surface area contributed by atoms with Gasteiger partial charge in [-0.3, -0.25) is 0 Å². The van der Waals surface area contributed by atoms with Crippen LogP contribution in [0.1, 0.15) is 22.5 Å². The summed E-state index contributed by atoms with van der Waals surface area (Å²) < 4.78 is 7.85. The summed E-state index contributed by atoms with van der Waals surface area (Å²) in [5, 5.41) is 10.1. The number of aryl methyl sites for hydroxylation is 2. The molecule has 1 heterocycles. The van der Waals surface area contributed by atoms with Crippen molar-refractivity contribution in [3.63, 3.8) is 0 Å². The maximum atomic E-state index is 5.91. The quantitative estimate of drug-likeness (QED) is 0.573. The van der Waals surface area contributed by atoms with Crippen molar-refractivity contribution in [2.24, 2.45) is 7.05 Å². The van der Waals surface area contributed by atoms with Crippen LogP contribution in [0, 0.1) is 13.8 Å². The Bertz CT molecular complexity index is 841. The smallest absolute Gasteiger partial charge is 0.191 e. The Hall–Kier alpha value is -1.98. The van der Waals surface area contributed by atoms with Gasteiger partial charge in [-0.05, 0) is 54.8 Å². The summed E-state index contributed by atoms with van der Waals surface area (Å²) in [6, 6.07) is 14.0. The van der Waals surface area contributed by atoms with Gasteiger partial charge in [-0.15, -0.1) is 10.2 Å². The van der Waals surface area contributed by atoms with Crippen LogP contribution in [0.5, 0.6) is 5.75 Å². The van der Waals surface area contributed by atoms with E-state index >= 15 is 0 Å². The number of benzene rings is 2. The van der Waals surface area contributed by atoms with Crippen molar-refractivity contribution in [3.8, 4) is 5.75 Å². The largest absolute Gasteiger partial charge is 0.486 e. The minimum atomic E-state index is 0.397. The predicted octanol–water partition coefficient (Wildman–Crippen LogP) is 4.96. The van der Waals surface area contributed by atoms with Gasteiger partial charge in [0.15, 0.2) is 11.0 Å². The average molecular weight is 374 g/mol. The Morgan fingerprint density at radius 2 is 1.72 bits per heavy atom. The molecule has 0 saturated heterocycles. The highest BCUT2D eigenvalue weighted by molar-refractivity contribution is 7.98. The van der Waals surface area contributed by atoms with Crippen molar-refractivity contribution in [2.45, 2.75) is 31.4 Å². The van der Waals surface area contributed by atoms with Crippen LogP contribution in [0.2, 0.25) is 5.02 Å². The maximum absolute atomic E-state index is 5.91.